The van der Waals surface area contributed by atoms with Crippen LogP contribution in [-0.4, -0.2) is 46.7 Å². The van der Waals surface area contributed by atoms with Gasteiger partial charge in [0.25, 0.3) is 0 Å². The molecule has 0 aliphatic carbocycles. The van der Waals surface area contributed by atoms with Crippen molar-refractivity contribution in [3.05, 3.63) is 53.6 Å². The van der Waals surface area contributed by atoms with Crippen molar-refractivity contribution in [2.75, 3.05) is 37.1 Å². The Kier molecular flexibility index (Phi) is 7.60. The van der Waals surface area contributed by atoms with E-state index in [-0.39, 0.29) is 24.7 Å². The van der Waals surface area contributed by atoms with Crippen LogP contribution in [0.4, 0.5) is 11.4 Å². The lowest BCUT2D eigenvalue weighted by molar-refractivity contribution is -0.122. The van der Waals surface area contributed by atoms with E-state index in [0.717, 1.165) is 11.8 Å². The number of aryl methyl sites for hydroxylation is 1. The summed E-state index contributed by atoms with van der Waals surface area (Å²) in [6.07, 6.45) is 1.15. The molecular weight excluding hydrogens is 394 g/mol. The second-order valence-electron chi connectivity index (χ2n) is 6.61. The lowest BCUT2D eigenvalue weighted by Crippen LogP contribution is -2.36. The van der Waals surface area contributed by atoms with Gasteiger partial charge in [-0.3, -0.25) is 9.59 Å². The Hall–Kier alpha value is -3.07. The minimum Gasteiger partial charge on any atom is -0.495 e. The molecular formula is C20H25N3O5S. The Morgan fingerprint density at radius 2 is 1.72 bits per heavy atom. The smallest absolute Gasteiger partial charge is 0.243 e. The Labute approximate surface area is 170 Å². The molecule has 8 nitrogen and oxygen atoms in total. The van der Waals surface area contributed by atoms with E-state index < -0.39 is 15.7 Å². The SMILES string of the molecule is COc1ccc(C)cc1NC(=O)CNC(=O)CNc1ccccc1CS(C)(=O)=O. The molecule has 0 aliphatic rings. The number of benzene rings is 2. The second-order valence-corrected chi connectivity index (χ2v) is 8.75. The van der Waals surface area contributed by atoms with Crippen LogP contribution in [-0.2, 0) is 25.2 Å². The van der Waals surface area contributed by atoms with Crippen molar-refractivity contribution in [2.24, 2.45) is 0 Å². The molecule has 2 aromatic carbocycles. The van der Waals surface area contributed by atoms with Gasteiger partial charge in [-0.15, -0.1) is 0 Å². The predicted molar refractivity (Wildman–Crippen MR) is 113 cm³/mol. The summed E-state index contributed by atoms with van der Waals surface area (Å²) in [5.41, 5.74) is 2.62. The van der Waals surface area contributed by atoms with Crippen molar-refractivity contribution in [3.63, 3.8) is 0 Å². The standard InChI is InChI=1S/C20H25N3O5S/c1-14-8-9-18(28-2)17(10-14)23-20(25)12-22-19(24)11-21-16-7-5-4-6-15(16)13-29(3,26)27/h4-10,21H,11-13H2,1-3H3,(H,22,24)(H,23,25). The average Bonchev–Trinajstić information content (AvgIpc) is 2.64. The van der Waals surface area contributed by atoms with Crippen LogP contribution in [0.5, 0.6) is 5.75 Å². The first-order valence-electron chi connectivity index (χ1n) is 8.88. The molecule has 2 aromatic rings. The summed E-state index contributed by atoms with van der Waals surface area (Å²) in [6.45, 7) is 1.59. The van der Waals surface area contributed by atoms with E-state index in [4.69, 9.17) is 4.74 Å². The van der Waals surface area contributed by atoms with Crippen LogP contribution in [0.15, 0.2) is 42.5 Å². The Morgan fingerprint density at radius 3 is 2.41 bits per heavy atom. The third-order valence-electron chi connectivity index (χ3n) is 3.95. The summed E-state index contributed by atoms with van der Waals surface area (Å²) in [6, 6.07) is 12.3. The van der Waals surface area contributed by atoms with E-state index >= 15 is 0 Å². The second kappa shape index (κ2) is 9.92. The van der Waals surface area contributed by atoms with Gasteiger partial charge >= 0.3 is 0 Å². The summed E-state index contributed by atoms with van der Waals surface area (Å²) in [7, 11) is -1.69. The number of hydrogen-bond acceptors (Lipinski definition) is 6. The Balaban J connectivity index is 1.87. The molecule has 0 aromatic heterocycles. The summed E-state index contributed by atoms with van der Waals surface area (Å²) < 4.78 is 28.3. The highest BCUT2D eigenvalue weighted by Gasteiger charge is 2.12. The molecule has 0 saturated carbocycles. The minimum atomic E-state index is -3.20. The van der Waals surface area contributed by atoms with Gasteiger partial charge in [-0.2, -0.15) is 0 Å². The van der Waals surface area contributed by atoms with Crippen LogP contribution in [0.1, 0.15) is 11.1 Å². The number of carbonyl (C=O) groups excluding carboxylic acids is 2. The van der Waals surface area contributed by atoms with Crippen LogP contribution in [0.25, 0.3) is 0 Å². The molecule has 2 rings (SSSR count). The van der Waals surface area contributed by atoms with Crippen molar-refractivity contribution in [3.8, 4) is 5.75 Å². The summed E-state index contributed by atoms with van der Waals surface area (Å²) in [4.78, 5) is 24.2. The first-order chi connectivity index (χ1) is 13.7. The largest absolute Gasteiger partial charge is 0.495 e. The van der Waals surface area contributed by atoms with Gasteiger partial charge in [0.2, 0.25) is 11.8 Å². The monoisotopic (exact) mass is 419 g/mol. The molecule has 0 bridgehead atoms. The summed E-state index contributed by atoms with van der Waals surface area (Å²) in [5.74, 6) is -0.386. The molecule has 9 heteroatoms. The Bertz CT molecular complexity index is 989. The van der Waals surface area contributed by atoms with Gasteiger partial charge in [-0.05, 0) is 36.2 Å². The van der Waals surface area contributed by atoms with E-state index in [9.17, 15) is 18.0 Å². The maximum absolute atomic E-state index is 12.1. The topological polar surface area (TPSA) is 114 Å². The molecule has 156 valence electrons. The predicted octanol–water partition coefficient (Wildman–Crippen LogP) is 1.72. The lowest BCUT2D eigenvalue weighted by atomic mass is 10.2. The number of sulfone groups is 1. The molecule has 0 saturated heterocycles. The molecule has 3 N–H and O–H groups in total. The molecule has 0 spiro atoms. The minimum absolute atomic E-state index is 0.0954. The molecule has 0 heterocycles. The van der Waals surface area contributed by atoms with Gasteiger partial charge in [-0.1, -0.05) is 24.3 Å². The first kappa shape index (κ1) is 22.2. The molecule has 0 radical (unpaired) electrons. The van der Waals surface area contributed by atoms with Gasteiger partial charge in [0.15, 0.2) is 9.84 Å². The van der Waals surface area contributed by atoms with E-state index in [1.54, 1.807) is 36.4 Å². The maximum Gasteiger partial charge on any atom is 0.243 e. The highest BCUT2D eigenvalue weighted by Crippen LogP contribution is 2.24. The molecule has 0 fully saturated rings. The van der Waals surface area contributed by atoms with Crippen molar-refractivity contribution in [1.82, 2.24) is 5.32 Å². The fourth-order valence-corrected chi connectivity index (χ4v) is 3.45. The summed E-state index contributed by atoms with van der Waals surface area (Å²) >= 11 is 0. The van der Waals surface area contributed by atoms with Crippen molar-refractivity contribution >= 4 is 33.0 Å². The normalized spacial score (nSPS) is 10.9. The molecule has 0 unspecified atom stereocenters. The maximum atomic E-state index is 12.1. The fourth-order valence-electron chi connectivity index (χ4n) is 2.63. The zero-order chi connectivity index (χ0) is 21.4. The number of carbonyl (C=O) groups is 2. The number of methoxy groups -OCH3 is 1. The van der Waals surface area contributed by atoms with Crippen molar-refractivity contribution in [1.29, 1.82) is 0 Å². The number of ether oxygens (including phenoxy) is 1. The number of rotatable bonds is 9. The van der Waals surface area contributed by atoms with Crippen LogP contribution >= 0.6 is 0 Å². The zero-order valence-electron chi connectivity index (χ0n) is 16.6. The molecule has 0 aliphatic heterocycles. The van der Waals surface area contributed by atoms with Crippen LogP contribution in [0, 0.1) is 6.92 Å². The highest BCUT2D eigenvalue weighted by atomic mass is 32.2. The van der Waals surface area contributed by atoms with Gasteiger partial charge in [-0.25, -0.2) is 8.42 Å². The average molecular weight is 420 g/mol. The number of amides is 2. The molecule has 0 atom stereocenters. The van der Waals surface area contributed by atoms with Gasteiger partial charge in [0.05, 0.1) is 31.6 Å². The lowest BCUT2D eigenvalue weighted by Gasteiger charge is -2.13. The van der Waals surface area contributed by atoms with E-state index in [1.807, 2.05) is 13.0 Å². The zero-order valence-corrected chi connectivity index (χ0v) is 17.4. The highest BCUT2D eigenvalue weighted by molar-refractivity contribution is 7.89. The van der Waals surface area contributed by atoms with Crippen LogP contribution in [0.2, 0.25) is 0 Å². The van der Waals surface area contributed by atoms with Gasteiger partial charge in [0.1, 0.15) is 5.75 Å². The fraction of sp³-hybridized carbons (Fsp3) is 0.300. The van der Waals surface area contributed by atoms with Crippen molar-refractivity contribution in [2.45, 2.75) is 12.7 Å². The first-order valence-corrected chi connectivity index (χ1v) is 10.9. The quantitative estimate of drug-likeness (QED) is 0.570. The van der Waals surface area contributed by atoms with E-state index in [1.165, 1.54) is 7.11 Å². The number of nitrogens with one attached hydrogen (secondary N) is 3. The van der Waals surface area contributed by atoms with E-state index in [2.05, 4.69) is 16.0 Å². The van der Waals surface area contributed by atoms with Crippen molar-refractivity contribution < 1.29 is 22.7 Å². The van der Waals surface area contributed by atoms with E-state index in [0.29, 0.717) is 22.7 Å². The number of anilines is 2. The third-order valence-corrected chi connectivity index (χ3v) is 4.79. The number of para-hydroxylation sites is 1. The molecule has 29 heavy (non-hydrogen) atoms. The van der Waals surface area contributed by atoms with Crippen LogP contribution in [0.3, 0.4) is 0 Å². The number of hydrogen-bond donors (Lipinski definition) is 3. The summed E-state index contributed by atoms with van der Waals surface area (Å²) in [5, 5.41) is 8.13. The Morgan fingerprint density at radius 1 is 1.00 bits per heavy atom. The van der Waals surface area contributed by atoms with Gasteiger partial charge < -0.3 is 20.7 Å². The van der Waals surface area contributed by atoms with Crippen LogP contribution < -0.4 is 20.7 Å². The third kappa shape index (κ3) is 7.46. The molecule has 2 amide bonds. The van der Waals surface area contributed by atoms with Gasteiger partial charge in [0, 0.05) is 11.9 Å².